The van der Waals surface area contributed by atoms with E-state index in [9.17, 15) is 9.59 Å². The van der Waals surface area contributed by atoms with Crippen molar-refractivity contribution in [3.05, 3.63) is 63.2 Å². The molecule has 0 aliphatic rings. The summed E-state index contributed by atoms with van der Waals surface area (Å²) >= 11 is 2.21. The van der Waals surface area contributed by atoms with E-state index in [2.05, 4.69) is 27.9 Å². The number of halogens is 1. The lowest BCUT2D eigenvalue weighted by Crippen LogP contribution is -2.22. The van der Waals surface area contributed by atoms with E-state index < -0.39 is 5.97 Å². The van der Waals surface area contributed by atoms with Gasteiger partial charge in [0.1, 0.15) is 0 Å². The van der Waals surface area contributed by atoms with E-state index >= 15 is 0 Å². The summed E-state index contributed by atoms with van der Waals surface area (Å²) in [5, 5.41) is 2.74. The van der Waals surface area contributed by atoms with E-state index in [1.54, 1.807) is 0 Å². The van der Waals surface area contributed by atoms with Gasteiger partial charge in [-0.1, -0.05) is 30.3 Å². The Morgan fingerprint density at radius 3 is 2.55 bits per heavy atom. The van der Waals surface area contributed by atoms with Gasteiger partial charge in [0.15, 0.2) is 6.61 Å². The van der Waals surface area contributed by atoms with Gasteiger partial charge in [-0.25, -0.2) is 0 Å². The Morgan fingerprint density at radius 1 is 1.14 bits per heavy atom. The van der Waals surface area contributed by atoms with E-state index in [1.807, 2.05) is 55.5 Å². The number of aryl methyl sites for hydroxylation is 1. The van der Waals surface area contributed by atoms with Gasteiger partial charge in [-0.2, -0.15) is 0 Å². The van der Waals surface area contributed by atoms with Crippen LogP contribution < -0.4 is 5.32 Å². The average molecular weight is 409 g/mol. The maximum absolute atomic E-state index is 11.8. The van der Waals surface area contributed by atoms with E-state index in [0.29, 0.717) is 0 Å². The highest BCUT2D eigenvalue weighted by Gasteiger charge is 2.09. The maximum atomic E-state index is 11.8. The number of carbonyl (C=O) groups is 2. The van der Waals surface area contributed by atoms with E-state index in [1.165, 1.54) is 0 Å². The molecular weight excluding hydrogens is 393 g/mol. The van der Waals surface area contributed by atoms with Gasteiger partial charge in [-0.15, -0.1) is 0 Å². The minimum absolute atomic E-state index is 0.163. The number of anilines is 1. The van der Waals surface area contributed by atoms with Gasteiger partial charge in [0.05, 0.1) is 6.42 Å². The van der Waals surface area contributed by atoms with Gasteiger partial charge >= 0.3 is 5.97 Å². The van der Waals surface area contributed by atoms with Crippen LogP contribution in [-0.2, 0) is 20.7 Å². The van der Waals surface area contributed by atoms with E-state index in [0.717, 1.165) is 20.4 Å². The first-order valence-corrected chi connectivity index (χ1v) is 7.88. The number of carbonyl (C=O) groups excluding carboxylic acids is 2. The van der Waals surface area contributed by atoms with Crippen molar-refractivity contribution in [2.45, 2.75) is 13.3 Å². The minimum atomic E-state index is -0.416. The van der Waals surface area contributed by atoms with Crippen LogP contribution in [0.4, 0.5) is 5.69 Å². The third-order valence-electron chi connectivity index (χ3n) is 3.02. The molecule has 1 amide bonds. The second-order valence-electron chi connectivity index (χ2n) is 4.83. The molecule has 0 saturated heterocycles. The summed E-state index contributed by atoms with van der Waals surface area (Å²) in [7, 11) is 0. The lowest BCUT2D eigenvalue weighted by molar-refractivity contribution is -0.146. The van der Waals surface area contributed by atoms with E-state index in [-0.39, 0.29) is 18.9 Å². The summed E-state index contributed by atoms with van der Waals surface area (Å²) in [6.45, 7) is 1.64. The molecule has 2 rings (SSSR count). The number of amides is 1. The van der Waals surface area contributed by atoms with Crippen LogP contribution in [0.3, 0.4) is 0 Å². The standard InChI is InChI=1S/C17H16INO3/c1-12-9-14(18)7-8-15(12)19-16(20)11-22-17(21)10-13-5-3-2-4-6-13/h2-9H,10-11H2,1H3,(H,19,20). The SMILES string of the molecule is Cc1cc(I)ccc1NC(=O)COC(=O)Cc1ccccc1. The van der Waals surface area contributed by atoms with Gasteiger partial charge in [0.2, 0.25) is 0 Å². The fraction of sp³-hybridized carbons (Fsp3) is 0.176. The number of hydrogen-bond acceptors (Lipinski definition) is 3. The number of esters is 1. The smallest absolute Gasteiger partial charge is 0.310 e. The topological polar surface area (TPSA) is 55.4 Å². The normalized spacial score (nSPS) is 10.1. The van der Waals surface area contributed by atoms with Gasteiger partial charge in [0.25, 0.3) is 5.91 Å². The molecule has 1 N–H and O–H groups in total. The van der Waals surface area contributed by atoms with Crippen molar-refractivity contribution < 1.29 is 14.3 Å². The second-order valence-corrected chi connectivity index (χ2v) is 6.08. The molecule has 114 valence electrons. The minimum Gasteiger partial charge on any atom is -0.455 e. The predicted octanol–water partition coefficient (Wildman–Crippen LogP) is 3.32. The summed E-state index contributed by atoms with van der Waals surface area (Å²) in [4.78, 5) is 23.5. The molecule has 0 aromatic heterocycles. The zero-order valence-electron chi connectivity index (χ0n) is 12.1. The summed E-state index contributed by atoms with van der Waals surface area (Å²) in [6, 6.07) is 15.0. The first-order valence-electron chi connectivity index (χ1n) is 6.80. The number of nitrogens with one attached hydrogen (secondary N) is 1. The molecule has 22 heavy (non-hydrogen) atoms. The Kier molecular flexibility index (Phi) is 5.94. The Bertz CT molecular complexity index is 671. The van der Waals surface area contributed by atoms with Crippen molar-refractivity contribution in [2.24, 2.45) is 0 Å². The predicted molar refractivity (Wildman–Crippen MR) is 93.6 cm³/mol. The number of rotatable bonds is 5. The maximum Gasteiger partial charge on any atom is 0.310 e. The molecule has 5 heteroatoms. The first kappa shape index (κ1) is 16.5. The number of ether oxygens (including phenoxy) is 1. The molecule has 0 aliphatic heterocycles. The van der Waals surface area contributed by atoms with Crippen LogP contribution in [0.25, 0.3) is 0 Å². The van der Waals surface area contributed by atoms with E-state index in [4.69, 9.17) is 4.74 Å². The molecule has 0 radical (unpaired) electrons. The van der Waals surface area contributed by atoms with Crippen molar-refractivity contribution in [2.75, 3.05) is 11.9 Å². The molecule has 0 saturated carbocycles. The zero-order valence-corrected chi connectivity index (χ0v) is 14.3. The highest BCUT2D eigenvalue weighted by molar-refractivity contribution is 14.1. The van der Waals surface area contributed by atoms with Crippen LogP contribution in [0.15, 0.2) is 48.5 Å². The lowest BCUT2D eigenvalue weighted by atomic mass is 10.2. The molecule has 0 spiro atoms. The van der Waals surface area contributed by atoms with Gasteiger partial charge in [-0.3, -0.25) is 9.59 Å². The average Bonchev–Trinajstić information content (AvgIpc) is 2.49. The quantitative estimate of drug-likeness (QED) is 0.609. The first-order chi connectivity index (χ1) is 10.5. The fourth-order valence-electron chi connectivity index (χ4n) is 1.91. The van der Waals surface area contributed by atoms with Crippen molar-refractivity contribution >= 4 is 40.2 Å². The molecule has 0 atom stereocenters. The molecule has 0 heterocycles. The molecule has 2 aromatic rings. The number of hydrogen-bond donors (Lipinski definition) is 1. The highest BCUT2D eigenvalue weighted by atomic mass is 127. The summed E-state index contributed by atoms with van der Waals surface area (Å²) in [5.74, 6) is -0.758. The van der Waals surface area contributed by atoms with Crippen molar-refractivity contribution in [3.8, 4) is 0 Å². The van der Waals surface area contributed by atoms with Crippen molar-refractivity contribution in [1.29, 1.82) is 0 Å². The third-order valence-corrected chi connectivity index (χ3v) is 3.69. The summed E-state index contributed by atoms with van der Waals surface area (Å²) < 4.78 is 6.09. The van der Waals surface area contributed by atoms with Crippen LogP contribution in [-0.4, -0.2) is 18.5 Å². The molecule has 0 unspecified atom stereocenters. The van der Waals surface area contributed by atoms with Crippen LogP contribution >= 0.6 is 22.6 Å². The van der Waals surface area contributed by atoms with Crippen LogP contribution in [0, 0.1) is 10.5 Å². The van der Waals surface area contributed by atoms with Crippen LogP contribution in [0.1, 0.15) is 11.1 Å². The van der Waals surface area contributed by atoms with Crippen molar-refractivity contribution in [1.82, 2.24) is 0 Å². The Hall–Kier alpha value is -1.89. The molecule has 0 bridgehead atoms. The monoisotopic (exact) mass is 409 g/mol. The van der Waals surface area contributed by atoms with Crippen LogP contribution in [0.2, 0.25) is 0 Å². The Balaban J connectivity index is 1.81. The Morgan fingerprint density at radius 2 is 1.86 bits per heavy atom. The third kappa shape index (κ3) is 5.14. The largest absolute Gasteiger partial charge is 0.455 e. The van der Waals surface area contributed by atoms with Crippen molar-refractivity contribution in [3.63, 3.8) is 0 Å². The van der Waals surface area contributed by atoms with Gasteiger partial charge < -0.3 is 10.1 Å². The van der Waals surface area contributed by atoms with Gasteiger partial charge in [0, 0.05) is 9.26 Å². The molecule has 2 aromatic carbocycles. The summed E-state index contributed by atoms with van der Waals surface area (Å²) in [5.41, 5.74) is 2.56. The van der Waals surface area contributed by atoms with Crippen LogP contribution in [0.5, 0.6) is 0 Å². The second kappa shape index (κ2) is 7.93. The molecule has 0 aliphatic carbocycles. The Labute approximate surface area is 143 Å². The summed E-state index contributed by atoms with van der Waals surface area (Å²) in [6.07, 6.45) is 0.163. The zero-order chi connectivity index (χ0) is 15.9. The molecule has 0 fully saturated rings. The highest BCUT2D eigenvalue weighted by Crippen LogP contribution is 2.17. The lowest BCUT2D eigenvalue weighted by Gasteiger charge is -2.09. The number of benzene rings is 2. The fourth-order valence-corrected chi connectivity index (χ4v) is 2.56. The molecular formula is C17H16INO3. The van der Waals surface area contributed by atoms with Gasteiger partial charge in [-0.05, 0) is 58.8 Å². The molecule has 4 nitrogen and oxygen atoms in total.